The zero-order chi connectivity index (χ0) is 75.4. The summed E-state index contributed by atoms with van der Waals surface area (Å²) in [6, 6.07) is 0. The molecule has 0 bridgehead atoms. The minimum Gasteiger partial charge on any atom is -0.462 e. The second-order valence-corrected chi connectivity index (χ2v) is 30.6. The van der Waals surface area contributed by atoms with Crippen LogP contribution in [0.1, 0.15) is 348 Å². The molecule has 2 atom stereocenters. The molecule has 0 aromatic rings. The molecule has 10 heteroatoms. The number of nitrogens with zero attached hydrogens (tertiary/aromatic N) is 1. The van der Waals surface area contributed by atoms with Crippen LogP contribution < -0.4 is 0 Å². The van der Waals surface area contributed by atoms with E-state index >= 15 is 0 Å². The molecule has 0 spiro atoms. The average Bonchev–Trinajstić information content (AvgIpc) is 0.920. The number of ether oxygens (including phenoxy) is 2. The van der Waals surface area contributed by atoms with E-state index in [-0.39, 0.29) is 32.0 Å². The van der Waals surface area contributed by atoms with Gasteiger partial charge < -0.3 is 18.9 Å². The third-order valence-corrected chi connectivity index (χ3v) is 18.9. The second-order valence-electron chi connectivity index (χ2n) is 29.1. The molecule has 0 fully saturated rings. The molecule has 104 heavy (non-hydrogen) atoms. The number of hydrogen-bond acceptors (Lipinski definition) is 7. The second kappa shape index (κ2) is 82.2. The smallest absolute Gasteiger partial charge is 0.462 e. The zero-order valence-corrected chi connectivity index (χ0v) is 68.6. The lowest BCUT2D eigenvalue weighted by atomic mass is 10.0. The Balaban J connectivity index is 3.99. The van der Waals surface area contributed by atoms with Gasteiger partial charge in [-0.05, 0) is 135 Å². The van der Waals surface area contributed by atoms with Gasteiger partial charge in [-0.25, -0.2) is 4.57 Å². The Morgan fingerprint density at radius 2 is 0.519 bits per heavy atom. The van der Waals surface area contributed by atoms with Gasteiger partial charge in [0.15, 0.2) is 6.10 Å². The van der Waals surface area contributed by atoms with Crippen molar-refractivity contribution in [1.82, 2.24) is 0 Å². The predicted octanol–water partition coefficient (Wildman–Crippen LogP) is 28.9. The number of rotatable bonds is 77. The van der Waals surface area contributed by atoms with E-state index in [4.69, 9.17) is 18.5 Å². The molecular formula is C94H159NO8P+. The highest BCUT2D eigenvalue weighted by molar-refractivity contribution is 7.47. The van der Waals surface area contributed by atoms with Crippen molar-refractivity contribution in [2.75, 3.05) is 47.5 Å². The van der Waals surface area contributed by atoms with Crippen molar-refractivity contribution in [3.63, 3.8) is 0 Å². The molecule has 0 rings (SSSR count). The third-order valence-electron chi connectivity index (χ3n) is 17.9. The summed E-state index contributed by atoms with van der Waals surface area (Å²) in [6.45, 7) is 4.22. The van der Waals surface area contributed by atoms with Crippen molar-refractivity contribution in [2.45, 2.75) is 354 Å². The molecule has 0 aliphatic heterocycles. The quantitative estimate of drug-likeness (QED) is 0.0211. The monoisotopic (exact) mass is 1460 g/mol. The maximum atomic E-state index is 12.9. The van der Waals surface area contributed by atoms with E-state index in [1.54, 1.807) is 0 Å². The predicted molar refractivity (Wildman–Crippen MR) is 454 cm³/mol. The normalized spacial score (nSPS) is 13.9. The molecule has 0 aromatic heterocycles. The minimum absolute atomic E-state index is 0.0250. The summed E-state index contributed by atoms with van der Waals surface area (Å²) in [5.74, 6) is -0.798. The number of allylic oxidation sites excluding steroid dienone is 30. The van der Waals surface area contributed by atoms with Crippen LogP contribution in [0.4, 0.5) is 0 Å². The molecule has 9 nitrogen and oxygen atoms in total. The van der Waals surface area contributed by atoms with Gasteiger partial charge in [0.2, 0.25) is 0 Å². The molecular weight excluding hydrogens is 1300 g/mol. The molecule has 0 aliphatic carbocycles. The number of likely N-dealkylation sites (N-methyl/N-ethyl adjacent to an activating group) is 1. The summed E-state index contributed by atoms with van der Waals surface area (Å²) in [7, 11) is 1.47. The maximum absolute atomic E-state index is 12.9. The highest BCUT2D eigenvalue weighted by atomic mass is 31.2. The van der Waals surface area contributed by atoms with E-state index in [1.165, 1.54) is 173 Å². The number of quaternary nitrogens is 1. The topological polar surface area (TPSA) is 108 Å². The van der Waals surface area contributed by atoms with E-state index in [0.29, 0.717) is 17.4 Å². The van der Waals surface area contributed by atoms with Crippen LogP contribution in [0.25, 0.3) is 0 Å². The number of phosphoric ester groups is 1. The van der Waals surface area contributed by atoms with Gasteiger partial charge in [0.1, 0.15) is 19.8 Å². The number of carbonyl (C=O) groups is 2. The minimum atomic E-state index is -4.41. The summed E-state index contributed by atoms with van der Waals surface area (Å²) in [4.78, 5) is 36.0. The van der Waals surface area contributed by atoms with Crippen molar-refractivity contribution in [3.8, 4) is 0 Å². The summed E-state index contributed by atoms with van der Waals surface area (Å²) >= 11 is 0. The van der Waals surface area contributed by atoms with Crippen molar-refractivity contribution >= 4 is 19.8 Å². The first-order valence-corrected chi connectivity index (χ1v) is 44.0. The summed E-state index contributed by atoms with van der Waals surface area (Å²) in [6.07, 6.45) is 126. The Morgan fingerprint density at radius 3 is 0.769 bits per heavy atom. The lowest BCUT2D eigenvalue weighted by Gasteiger charge is -2.24. The number of esters is 2. The van der Waals surface area contributed by atoms with E-state index in [0.717, 1.165) is 141 Å². The van der Waals surface area contributed by atoms with Gasteiger partial charge in [0.25, 0.3) is 0 Å². The average molecular weight is 1460 g/mol. The standard InChI is InChI=1S/C94H158NO8P/c1-6-8-10-12-14-16-18-20-22-24-26-28-30-32-34-36-38-40-42-44-46-47-49-51-53-55-57-59-61-63-65-67-69-71-73-75-77-79-81-83-85-87-94(97)103-92(91-102-104(98,99)101-89-88-95(3,4)5)90-100-93(96)86-84-82-80-78-76-74-72-70-68-66-64-62-60-58-56-54-52-50-48-45-43-41-39-37-35-33-31-29-27-25-23-21-19-17-15-13-11-9-7-2/h8-11,14-17,20-23,26-29,32-35,38,40,44,46,49,51,55,57,61,63,92H,6-7,12-13,18-19,24-25,30-31,36-37,39,41-43,45,47-48,50,52-54,56,58-60,62,64-91H2,1-5H3/p+1/b10-8-,11-9-,16-14-,17-15-,22-20-,23-21-,28-26-,29-27-,34-32-,35-33-,40-38-,46-44-,51-49-,57-55-,63-61-. The van der Waals surface area contributed by atoms with Crippen LogP contribution in [0.3, 0.4) is 0 Å². The Labute approximate surface area is 641 Å². The Kier molecular flexibility index (Phi) is 78.3. The van der Waals surface area contributed by atoms with Crippen LogP contribution in [-0.4, -0.2) is 74.9 Å². The van der Waals surface area contributed by atoms with Crippen molar-refractivity contribution < 1.29 is 42.1 Å². The van der Waals surface area contributed by atoms with Gasteiger partial charge in [0, 0.05) is 12.8 Å². The maximum Gasteiger partial charge on any atom is 0.472 e. The van der Waals surface area contributed by atoms with Crippen LogP contribution in [0.15, 0.2) is 182 Å². The molecule has 0 radical (unpaired) electrons. The van der Waals surface area contributed by atoms with Crippen LogP contribution >= 0.6 is 7.82 Å². The van der Waals surface area contributed by atoms with Crippen molar-refractivity contribution in [2.24, 2.45) is 0 Å². The van der Waals surface area contributed by atoms with Crippen molar-refractivity contribution in [3.05, 3.63) is 182 Å². The van der Waals surface area contributed by atoms with Gasteiger partial charge in [0.05, 0.1) is 27.7 Å². The van der Waals surface area contributed by atoms with Crippen LogP contribution in [0, 0.1) is 0 Å². The summed E-state index contributed by atoms with van der Waals surface area (Å²) < 4.78 is 34.9. The first-order chi connectivity index (χ1) is 51.0. The largest absolute Gasteiger partial charge is 0.472 e. The molecule has 0 aliphatic rings. The zero-order valence-electron chi connectivity index (χ0n) is 67.7. The molecule has 0 saturated carbocycles. The number of carbonyl (C=O) groups excluding carboxylic acids is 2. The number of hydrogen-bond donors (Lipinski definition) is 1. The molecule has 0 amide bonds. The van der Waals surface area contributed by atoms with Gasteiger partial charge in [-0.1, -0.05) is 382 Å². The summed E-state index contributed by atoms with van der Waals surface area (Å²) in [5.41, 5.74) is 0. The van der Waals surface area contributed by atoms with E-state index < -0.39 is 26.5 Å². The first-order valence-electron chi connectivity index (χ1n) is 42.5. The van der Waals surface area contributed by atoms with E-state index in [2.05, 4.69) is 196 Å². The fourth-order valence-electron chi connectivity index (χ4n) is 11.5. The Bertz CT molecular complexity index is 2420. The van der Waals surface area contributed by atoms with E-state index in [1.807, 2.05) is 21.1 Å². The first kappa shape index (κ1) is 99.1. The van der Waals surface area contributed by atoms with Gasteiger partial charge in [-0.3, -0.25) is 18.6 Å². The molecule has 2 unspecified atom stereocenters. The van der Waals surface area contributed by atoms with Crippen LogP contribution in [0.2, 0.25) is 0 Å². The lowest BCUT2D eigenvalue weighted by Crippen LogP contribution is -2.37. The number of unbranched alkanes of at least 4 members (excludes halogenated alkanes) is 33. The summed E-state index contributed by atoms with van der Waals surface area (Å²) in [5, 5.41) is 0. The third kappa shape index (κ3) is 86.0. The SMILES string of the molecule is CC/C=C\C/C=C\C/C=C\C/C=C\C/C=C\C/C=C\C/C=C\C/C=C\C/C=C\C/C=C\CCCCCCCCCCCCC(=O)OC(COC(=O)CCCCCCCCCCCCCCCCCCCCCCCCC/C=C\C/C=C\C/C=C\C/C=C\C/C=C\CC)COP(=O)(O)OCC[N+](C)(C)C. The molecule has 0 heterocycles. The lowest BCUT2D eigenvalue weighted by molar-refractivity contribution is -0.870. The molecule has 1 N–H and O–H groups in total. The highest BCUT2D eigenvalue weighted by Crippen LogP contribution is 2.43. The highest BCUT2D eigenvalue weighted by Gasteiger charge is 2.27. The van der Waals surface area contributed by atoms with Gasteiger partial charge >= 0.3 is 19.8 Å². The molecule has 0 saturated heterocycles. The van der Waals surface area contributed by atoms with Crippen molar-refractivity contribution in [1.29, 1.82) is 0 Å². The van der Waals surface area contributed by atoms with Crippen LogP contribution in [0.5, 0.6) is 0 Å². The van der Waals surface area contributed by atoms with Gasteiger partial charge in [-0.15, -0.1) is 0 Å². The Hall–Kier alpha value is -4.89. The molecule has 592 valence electrons. The fourth-order valence-corrected chi connectivity index (χ4v) is 12.3. The molecule has 0 aromatic carbocycles. The fraction of sp³-hybridized carbons (Fsp3) is 0.660. The number of phosphoric acid groups is 1. The van der Waals surface area contributed by atoms with Gasteiger partial charge in [-0.2, -0.15) is 0 Å². The van der Waals surface area contributed by atoms with Crippen LogP contribution in [-0.2, 0) is 32.7 Å². The van der Waals surface area contributed by atoms with E-state index in [9.17, 15) is 19.0 Å². The Morgan fingerprint density at radius 1 is 0.298 bits per heavy atom.